The number of aromatic nitrogens is 6. The molecule has 5 heterocycles. The Kier molecular flexibility index (Phi) is 6.85. The van der Waals surface area contributed by atoms with Crippen molar-refractivity contribution in [2.45, 2.75) is 32.7 Å². The van der Waals surface area contributed by atoms with E-state index in [1.54, 1.807) is 18.3 Å². The van der Waals surface area contributed by atoms with Crippen LogP contribution in [-0.2, 0) is 6.54 Å². The van der Waals surface area contributed by atoms with Gasteiger partial charge in [-0.25, -0.2) is 9.37 Å². The van der Waals surface area contributed by atoms with Crippen molar-refractivity contribution >= 4 is 16.5 Å². The van der Waals surface area contributed by atoms with Crippen molar-refractivity contribution in [3.05, 3.63) is 102 Å². The zero-order chi connectivity index (χ0) is 26.8. The van der Waals surface area contributed by atoms with E-state index in [0.29, 0.717) is 11.5 Å². The highest BCUT2D eigenvalue weighted by Gasteiger charge is 2.19. The number of aryl methyl sites for hydroxylation is 1. The van der Waals surface area contributed by atoms with Crippen LogP contribution in [0.5, 0.6) is 0 Å². The van der Waals surface area contributed by atoms with Crippen LogP contribution in [0, 0.1) is 12.7 Å². The van der Waals surface area contributed by atoms with Gasteiger partial charge in [-0.15, -0.1) is 0 Å². The standard InChI is InChI=1S/C31H30FN7/c1-3-8-25(22-9-7-10-24(32)14-22)29-20(2)35-31(36-29)30-26-15-27(34-18-28(26)37-38-30)23-13-21(16-33-17-23)19-39-11-5-4-6-12-39/h3,7-10,13-18H,1,4-6,11-12,19H2,2H3,(H,35,36)(H,37,38)/b25-8-. The fourth-order valence-corrected chi connectivity index (χ4v) is 5.27. The molecule has 39 heavy (non-hydrogen) atoms. The first-order valence-corrected chi connectivity index (χ1v) is 13.3. The highest BCUT2D eigenvalue weighted by Crippen LogP contribution is 2.32. The van der Waals surface area contributed by atoms with Crippen LogP contribution in [0.3, 0.4) is 0 Å². The molecule has 0 radical (unpaired) electrons. The zero-order valence-electron chi connectivity index (χ0n) is 21.9. The summed E-state index contributed by atoms with van der Waals surface area (Å²) in [5.74, 6) is 0.318. The van der Waals surface area contributed by atoms with Gasteiger partial charge in [-0.05, 0) is 68.2 Å². The Balaban J connectivity index is 1.35. The van der Waals surface area contributed by atoms with Crippen molar-refractivity contribution < 1.29 is 4.39 Å². The molecule has 0 bridgehead atoms. The topological polar surface area (TPSA) is 86.4 Å². The lowest BCUT2D eigenvalue weighted by Gasteiger charge is -2.26. The summed E-state index contributed by atoms with van der Waals surface area (Å²) < 4.78 is 14.0. The molecule has 0 spiro atoms. The quantitative estimate of drug-likeness (QED) is 0.241. The lowest BCUT2D eigenvalue weighted by atomic mass is 10.0. The van der Waals surface area contributed by atoms with Gasteiger partial charge >= 0.3 is 0 Å². The number of hydrogen-bond acceptors (Lipinski definition) is 5. The van der Waals surface area contributed by atoms with Crippen LogP contribution in [0.15, 0.2) is 73.7 Å². The zero-order valence-corrected chi connectivity index (χ0v) is 21.9. The summed E-state index contributed by atoms with van der Waals surface area (Å²) in [6.07, 6.45) is 13.0. The highest BCUT2D eigenvalue weighted by molar-refractivity contribution is 5.93. The number of fused-ring (bicyclic) bond motifs is 1. The maximum Gasteiger partial charge on any atom is 0.159 e. The summed E-state index contributed by atoms with van der Waals surface area (Å²) >= 11 is 0. The predicted molar refractivity (Wildman–Crippen MR) is 152 cm³/mol. The number of pyridine rings is 2. The van der Waals surface area contributed by atoms with E-state index in [-0.39, 0.29) is 5.82 Å². The Morgan fingerprint density at radius 2 is 1.97 bits per heavy atom. The van der Waals surface area contributed by atoms with Gasteiger partial charge in [0.15, 0.2) is 5.82 Å². The minimum atomic E-state index is -0.302. The second kappa shape index (κ2) is 10.7. The van der Waals surface area contributed by atoms with Crippen LogP contribution in [0.1, 0.15) is 41.8 Å². The van der Waals surface area contributed by atoms with Crippen molar-refractivity contribution in [3.8, 4) is 22.8 Å². The van der Waals surface area contributed by atoms with Crippen molar-refractivity contribution in [3.63, 3.8) is 0 Å². The monoisotopic (exact) mass is 519 g/mol. The van der Waals surface area contributed by atoms with E-state index < -0.39 is 0 Å². The lowest BCUT2D eigenvalue weighted by molar-refractivity contribution is 0.220. The van der Waals surface area contributed by atoms with Crippen LogP contribution in [0.25, 0.3) is 39.3 Å². The first-order valence-electron chi connectivity index (χ1n) is 13.3. The Labute approximate surface area is 226 Å². The molecule has 0 saturated carbocycles. The number of nitrogens with zero attached hydrogens (tertiary/aromatic N) is 5. The van der Waals surface area contributed by atoms with Crippen LogP contribution >= 0.6 is 0 Å². The third-order valence-corrected chi connectivity index (χ3v) is 7.18. The molecule has 7 nitrogen and oxygen atoms in total. The number of halogens is 1. The Morgan fingerprint density at radius 1 is 1.10 bits per heavy atom. The number of aromatic amines is 2. The number of imidazole rings is 1. The van der Waals surface area contributed by atoms with E-state index in [1.165, 1.54) is 37.0 Å². The average Bonchev–Trinajstić information content (AvgIpc) is 3.55. The molecular formula is C31H30FN7. The van der Waals surface area contributed by atoms with Gasteiger partial charge in [-0.2, -0.15) is 5.10 Å². The molecule has 1 fully saturated rings. The average molecular weight is 520 g/mol. The van der Waals surface area contributed by atoms with Gasteiger partial charge in [0.05, 0.1) is 23.1 Å². The number of H-pyrrole nitrogens is 2. The van der Waals surface area contributed by atoms with Gasteiger partial charge in [0, 0.05) is 41.2 Å². The van der Waals surface area contributed by atoms with Crippen LogP contribution in [0.4, 0.5) is 4.39 Å². The molecule has 1 aromatic carbocycles. The number of piperidine rings is 1. The fraction of sp³-hybridized carbons (Fsp3) is 0.226. The van der Waals surface area contributed by atoms with Crippen molar-refractivity contribution in [1.82, 2.24) is 35.0 Å². The molecule has 5 aromatic rings. The maximum atomic E-state index is 14.0. The molecule has 8 heteroatoms. The van der Waals surface area contributed by atoms with Gasteiger partial charge in [0.1, 0.15) is 11.5 Å². The van der Waals surface area contributed by atoms with Gasteiger partial charge in [0.25, 0.3) is 0 Å². The SMILES string of the molecule is C=C/C=C(/c1cccc(F)c1)c1nc(-c2n[nH]c3cnc(-c4cncc(CN5CCCCC5)c4)cc23)[nH]c1C. The molecule has 4 aromatic heterocycles. The number of hydrogen-bond donors (Lipinski definition) is 2. The number of likely N-dealkylation sites (tertiary alicyclic amines) is 1. The smallest absolute Gasteiger partial charge is 0.159 e. The van der Waals surface area contributed by atoms with Gasteiger partial charge in [0.2, 0.25) is 0 Å². The predicted octanol–water partition coefficient (Wildman–Crippen LogP) is 6.46. The third-order valence-electron chi connectivity index (χ3n) is 7.18. The van der Waals surface area contributed by atoms with Crippen LogP contribution in [0.2, 0.25) is 0 Å². The Morgan fingerprint density at radius 3 is 2.79 bits per heavy atom. The van der Waals surface area contributed by atoms with Gasteiger partial charge in [-0.3, -0.25) is 20.0 Å². The second-order valence-corrected chi connectivity index (χ2v) is 9.99. The first-order chi connectivity index (χ1) is 19.1. The van der Waals surface area contributed by atoms with Crippen molar-refractivity contribution in [2.24, 2.45) is 0 Å². The summed E-state index contributed by atoms with van der Waals surface area (Å²) in [5.41, 5.74) is 7.57. The molecule has 2 N–H and O–H groups in total. The molecule has 0 unspecified atom stereocenters. The molecule has 196 valence electrons. The van der Waals surface area contributed by atoms with Crippen molar-refractivity contribution in [1.29, 1.82) is 0 Å². The first kappa shape index (κ1) is 24.9. The van der Waals surface area contributed by atoms with Gasteiger partial charge in [-0.1, -0.05) is 37.3 Å². The summed E-state index contributed by atoms with van der Waals surface area (Å²) in [6.45, 7) is 8.97. The summed E-state index contributed by atoms with van der Waals surface area (Å²) in [6, 6.07) is 10.7. The molecule has 1 saturated heterocycles. The summed E-state index contributed by atoms with van der Waals surface area (Å²) in [4.78, 5) is 20.0. The summed E-state index contributed by atoms with van der Waals surface area (Å²) in [5, 5.41) is 8.54. The molecule has 0 amide bonds. The third kappa shape index (κ3) is 5.15. The number of nitrogens with one attached hydrogen (secondary N) is 2. The van der Waals surface area contributed by atoms with Crippen LogP contribution < -0.4 is 0 Å². The molecule has 1 aliphatic heterocycles. The molecule has 6 rings (SSSR count). The molecule has 0 atom stereocenters. The van der Waals surface area contributed by atoms with E-state index in [2.05, 4.69) is 42.7 Å². The van der Waals surface area contributed by atoms with E-state index in [1.807, 2.05) is 37.5 Å². The largest absolute Gasteiger partial charge is 0.340 e. The van der Waals surface area contributed by atoms with Crippen LogP contribution in [-0.4, -0.2) is 48.1 Å². The lowest BCUT2D eigenvalue weighted by Crippen LogP contribution is -2.29. The normalized spacial score (nSPS) is 14.7. The van der Waals surface area contributed by atoms with E-state index in [0.717, 1.165) is 64.3 Å². The second-order valence-electron chi connectivity index (χ2n) is 9.99. The van der Waals surface area contributed by atoms with E-state index in [9.17, 15) is 4.39 Å². The fourth-order valence-electron chi connectivity index (χ4n) is 5.27. The number of benzene rings is 1. The number of allylic oxidation sites excluding steroid dienone is 2. The number of rotatable bonds is 7. The maximum absolute atomic E-state index is 14.0. The Hall–Kier alpha value is -4.43. The molecular weight excluding hydrogens is 489 g/mol. The minimum Gasteiger partial charge on any atom is -0.340 e. The van der Waals surface area contributed by atoms with Gasteiger partial charge < -0.3 is 4.98 Å². The van der Waals surface area contributed by atoms with E-state index in [4.69, 9.17) is 4.98 Å². The molecule has 0 aliphatic carbocycles. The van der Waals surface area contributed by atoms with Crippen molar-refractivity contribution in [2.75, 3.05) is 13.1 Å². The van der Waals surface area contributed by atoms with E-state index >= 15 is 0 Å². The Bertz CT molecular complexity index is 1670. The highest BCUT2D eigenvalue weighted by atomic mass is 19.1. The molecule has 1 aliphatic rings. The summed E-state index contributed by atoms with van der Waals surface area (Å²) in [7, 11) is 0. The minimum absolute atomic E-state index is 0.302.